The van der Waals surface area contributed by atoms with E-state index in [2.05, 4.69) is 25.9 Å². The van der Waals surface area contributed by atoms with Crippen LogP contribution in [0.5, 0.6) is 0 Å². The lowest BCUT2D eigenvalue weighted by molar-refractivity contribution is -0.143. The molecule has 17 N–H and O–H groups in total. The Hall–Kier alpha value is -4.19. The maximum Gasteiger partial charge on any atom is 0.326 e. The van der Waals surface area contributed by atoms with Crippen LogP contribution in [0.1, 0.15) is 38.5 Å². The molecule has 18 nitrogen and oxygen atoms in total. The maximum absolute atomic E-state index is 12.9. The molecule has 4 unspecified atom stereocenters. The number of primary amides is 1. The second-order valence-electron chi connectivity index (χ2n) is 8.21. The molecule has 0 rings (SSSR count). The number of guanidine groups is 2. The molecule has 0 saturated carbocycles. The van der Waals surface area contributed by atoms with Crippen LogP contribution in [0.3, 0.4) is 0 Å². The number of aliphatic carboxylic acids is 1. The number of carbonyl (C=O) groups is 5. The number of carbonyl (C=O) groups excluding carboxylic acids is 4. The van der Waals surface area contributed by atoms with Gasteiger partial charge in [-0.1, -0.05) is 0 Å². The highest BCUT2D eigenvalue weighted by atomic mass is 16.4. The van der Waals surface area contributed by atoms with E-state index in [-0.39, 0.29) is 57.1 Å². The van der Waals surface area contributed by atoms with Gasteiger partial charge in [0.15, 0.2) is 11.9 Å². The van der Waals surface area contributed by atoms with Gasteiger partial charge in [0.25, 0.3) is 0 Å². The SMILES string of the molecule is NC(=O)CCC(NC(=O)C(CO)NC(=O)C(CCCN=C(N)N)NC(=O)C(N)CCCN=C(N)N)C(=O)O. The van der Waals surface area contributed by atoms with Gasteiger partial charge < -0.3 is 60.6 Å². The molecule has 0 fully saturated rings. The van der Waals surface area contributed by atoms with Crippen LogP contribution in [-0.4, -0.2) is 95.6 Å². The zero-order valence-corrected chi connectivity index (χ0v) is 21.0. The van der Waals surface area contributed by atoms with Crippen molar-refractivity contribution in [3.63, 3.8) is 0 Å². The molecule has 216 valence electrons. The third kappa shape index (κ3) is 15.0. The van der Waals surface area contributed by atoms with Gasteiger partial charge in [0.2, 0.25) is 23.6 Å². The smallest absolute Gasteiger partial charge is 0.326 e. The average Bonchev–Trinajstić information content (AvgIpc) is 2.83. The Morgan fingerprint density at radius 2 is 1.16 bits per heavy atom. The minimum absolute atomic E-state index is 0.0329. The Bertz CT molecular complexity index is 873. The van der Waals surface area contributed by atoms with Gasteiger partial charge in [-0.25, -0.2) is 4.79 Å². The van der Waals surface area contributed by atoms with Crippen molar-refractivity contribution in [3.05, 3.63) is 0 Å². The molecule has 0 aliphatic rings. The van der Waals surface area contributed by atoms with Crippen LogP contribution in [0.4, 0.5) is 0 Å². The summed E-state index contributed by atoms with van der Waals surface area (Å²) >= 11 is 0. The Balaban J connectivity index is 5.35. The molecule has 38 heavy (non-hydrogen) atoms. The predicted molar refractivity (Wildman–Crippen MR) is 137 cm³/mol. The Kier molecular flexibility index (Phi) is 16.1. The second-order valence-corrected chi connectivity index (χ2v) is 8.21. The van der Waals surface area contributed by atoms with E-state index in [0.717, 1.165) is 0 Å². The Morgan fingerprint density at radius 3 is 1.63 bits per heavy atom. The summed E-state index contributed by atoms with van der Waals surface area (Å²) < 4.78 is 0. The van der Waals surface area contributed by atoms with E-state index >= 15 is 0 Å². The number of amides is 4. The molecule has 0 aliphatic carbocycles. The van der Waals surface area contributed by atoms with Gasteiger partial charge in [-0.3, -0.25) is 29.2 Å². The summed E-state index contributed by atoms with van der Waals surface area (Å²) in [5, 5.41) is 25.7. The number of nitrogens with zero attached hydrogens (tertiary/aromatic N) is 2. The Labute approximate surface area is 219 Å². The van der Waals surface area contributed by atoms with Crippen molar-refractivity contribution in [1.29, 1.82) is 0 Å². The first-order valence-electron chi connectivity index (χ1n) is 11.7. The first kappa shape index (κ1) is 33.8. The quantitative estimate of drug-likeness (QED) is 0.0410. The van der Waals surface area contributed by atoms with Crippen molar-refractivity contribution < 1.29 is 34.2 Å². The molecule has 0 aliphatic heterocycles. The lowest BCUT2D eigenvalue weighted by atomic mass is 10.1. The monoisotopic (exact) mass is 545 g/mol. The fourth-order valence-electron chi connectivity index (χ4n) is 2.98. The third-order valence-electron chi connectivity index (χ3n) is 4.99. The predicted octanol–water partition coefficient (Wildman–Crippen LogP) is -5.78. The summed E-state index contributed by atoms with van der Waals surface area (Å²) in [6, 6.07) is -5.26. The maximum atomic E-state index is 12.9. The molecule has 18 heteroatoms. The molecule has 0 heterocycles. The first-order chi connectivity index (χ1) is 17.8. The van der Waals surface area contributed by atoms with E-state index in [1.807, 2.05) is 0 Å². The number of carboxylic acids is 1. The van der Waals surface area contributed by atoms with Crippen molar-refractivity contribution in [1.82, 2.24) is 16.0 Å². The number of aliphatic hydroxyl groups excluding tert-OH is 1. The van der Waals surface area contributed by atoms with Gasteiger partial charge in [0.1, 0.15) is 18.1 Å². The molecule has 0 aromatic rings. The molecular formula is C20H39N11O7. The van der Waals surface area contributed by atoms with E-state index in [1.165, 1.54) is 0 Å². The molecule has 0 saturated heterocycles. The number of hydrogen-bond donors (Lipinski definition) is 11. The molecule has 0 bridgehead atoms. The van der Waals surface area contributed by atoms with Crippen molar-refractivity contribution in [2.45, 2.75) is 62.7 Å². The number of nitrogens with two attached hydrogens (primary N) is 6. The largest absolute Gasteiger partial charge is 0.480 e. The summed E-state index contributed by atoms with van der Waals surface area (Å²) in [6.45, 7) is -0.509. The van der Waals surface area contributed by atoms with E-state index in [0.29, 0.717) is 6.42 Å². The van der Waals surface area contributed by atoms with Crippen LogP contribution in [0.2, 0.25) is 0 Å². The molecule has 0 aromatic carbocycles. The first-order valence-corrected chi connectivity index (χ1v) is 11.7. The van der Waals surface area contributed by atoms with E-state index < -0.39 is 60.4 Å². The minimum Gasteiger partial charge on any atom is -0.480 e. The zero-order valence-electron chi connectivity index (χ0n) is 21.0. The van der Waals surface area contributed by atoms with Crippen molar-refractivity contribution in [2.75, 3.05) is 19.7 Å². The van der Waals surface area contributed by atoms with Crippen molar-refractivity contribution in [3.8, 4) is 0 Å². The standard InChI is InChI=1S/C20H39N11O7/c21-10(3-1-7-27-19(23)24)15(34)29-11(4-2-8-28-20(25)26)16(35)31-13(9-32)17(36)30-12(18(37)38)5-6-14(22)33/h10-13,32H,1-9,21H2,(H2,22,33)(H,29,34)(H,30,36)(H,31,35)(H,37,38)(H4,23,24,27)(H4,25,26,28). The van der Waals surface area contributed by atoms with Gasteiger partial charge in [0.05, 0.1) is 12.6 Å². The lowest BCUT2D eigenvalue weighted by Crippen LogP contribution is -2.58. The normalized spacial score (nSPS) is 13.6. The molecule has 0 radical (unpaired) electrons. The fraction of sp³-hybridized carbons (Fsp3) is 0.650. The number of carboxylic acid groups (broad SMARTS) is 1. The lowest BCUT2D eigenvalue weighted by Gasteiger charge is -2.24. The highest BCUT2D eigenvalue weighted by molar-refractivity contribution is 5.94. The molecule has 4 amide bonds. The zero-order chi connectivity index (χ0) is 29.3. The topological polar surface area (TPSA) is 343 Å². The van der Waals surface area contributed by atoms with Gasteiger partial charge in [-0.2, -0.15) is 0 Å². The van der Waals surface area contributed by atoms with Crippen LogP contribution >= 0.6 is 0 Å². The average molecular weight is 546 g/mol. The number of aliphatic hydroxyl groups is 1. The Morgan fingerprint density at radius 1 is 0.684 bits per heavy atom. The highest BCUT2D eigenvalue weighted by Crippen LogP contribution is 2.04. The number of hydrogen-bond acceptors (Lipinski definition) is 9. The third-order valence-corrected chi connectivity index (χ3v) is 4.99. The van der Waals surface area contributed by atoms with Gasteiger partial charge >= 0.3 is 5.97 Å². The van der Waals surface area contributed by atoms with Gasteiger partial charge in [0, 0.05) is 19.5 Å². The second kappa shape index (κ2) is 18.1. The van der Waals surface area contributed by atoms with Crippen molar-refractivity contribution in [2.24, 2.45) is 44.4 Å². The molecule has 0 spiro atoms. The highest BCUT2D eigenvalue weighted by Gasteiger charge is 2.30. The fourth-order valence-corrected chi connectivity index (χ4v) is 2.98. The van der Waals surface area contributed by atoms with Crippen LogP contribution in [0, 0.1) is 0 Å². The number of rotatable bonds is 19. The molecule has 0 aromatic heterocycles. The van der Waals surface area contributed by atoms with Crippen LogP contribution in [0.15, 0.2) is 9.98 Å². The summed E-state index contributed by atoms with van der Waals surface area (Å²) in [4.78, 5) is 67.9. The molecule has 4 atom stereocenters. The summed E-state index contributed by atoms with van der Waals surface area (Å²) in [7, 11) is 0. The van der Waals surface area contributed by atoms with Crippen LogP contribution in [-0.2, 0) is 24.0 Å². The van der Waals surface area contributed by atoms with E-state index in [4.69, 9.17) is 34.4 Å². The van der Waals surface area contributed by atoms with Crippen LogP contribution < -0.4 is 50.4 Å². The number of aliphatic imine (C=N–C) groups is 2. The van der Waals surface area contributed by atoms with Crippen LogP contribution in [0.25, 0.3) is 0 Å². The van der Waals surface area contributed by atoms with Gasteiger partial charge in [-0.05, 0) is 32.1 Å². The summed E-state index contributed by atoms with van der Waals surface area (Å²) in [6.07, 6.45) is 0.261. The van der Waals surface area contributed by atoms with E-state index in [9.17, 15) is 34.2 Å². The minimum atomic E-state index is -1.57. The summed E-state index contributed by atoms with van der Waals surface area (Å²) in [5.41, 5.74) is 31.9. The summed E-state index contributed by atoms with van der Waals surface area (Å²) in [5.74, 6) is -5.04. The van der Waals surface area contributed by atoms with Crippen molar-refractivity contribution >= 4 is 41.5 Å². The van der Waals surface area contributed by atoms with Gasteiger partial charge in [-0.15, -0.1) is 0 Å². The number of nitrogens with one attached hydrogen (secondary N) is 3. The molecular weight excluding hydrogens is 506 g/mol. The van der Waals surface area contributed by atoms with E-state index in [1.54, 1.807) is 0 Å².